The second-order valence-corrected chi connectivity index (χ2v) is 6.59. The molecule has 3 heterocycles. The summed E-state index contributed by atoms with van der Waals surface area (Å²) in [6.45, 7) is 2.21. The van der Waals surface area contributed by atoms with E-state index in [2.05, 4.69) is 10.3 Å². The summed E-state index contributed by atoms with van der Waals surface area (Å²) in [5.41, 5.74) is 1.86. The molecule has 1 aliphatic heterocycles. The van der Waals surface area contributed by atoms with Crippen LogP contribution in [0.3, 0.4) is 0 Å². The van der Waals surface area contributed by atoms with Gasteiger partial charge in [0.2, 0.25) is 0 Å². The summed E-state index contributed by atoms with van der Waals surface area (Å²) in [5, 5.41) is 3.92. The number of aromatic nitrogens is 2. The number of halogens is 2. The average Bonchev–Trinajstić information content (AvgIpc) is 3.11. The third-order valence-electron chi connectivity index (χ3n) is 4.85. The molecule has 1 saturated heterocycles. The van der Waals surface area contributed by atoms with Crippen LogP contribution in [0.25, 0.3) is 10.9 Å². The van der Waals surface area contributed by atoms with E-state index in [1.165, 1.54) is 13.2 Å². The van der Waals surface area contributed by atoms with Gasteiger partial charge in [0.25, 0.3) is 5.91 Å². The molecule has 0 radical (unpaired) electrons. The molecule has 1 aromatic carbocycles. The largest absolute Gasteiger partial charge is 0.494 e. The van der Waals surface area contributed by atoms with Crippen molar-refractivity contribution < 1.29 is 18.7 Å². The number of hydrogen-bond acceptors (Lipinski definition) is 5. The van der Waals surface area contributed by atoms with E-state index in [9.17, 15) is 9.18 Å². The molecule has 1 aliphatic rings. The van der Waals surface area contributed by atoms with Crippen molar-refractivity contribution in [1.29, 1.82) is 0 Å². The van der Waals surface area contributed by atoms with E-state index < -0.39 is 5.82 Å². The zero-order valence-corrected chi connectivity index (χ0v) is 17.0. The molecule has 0 saturated carbocycles. The highest BCUT2D eigenvalue weighted by Crippen LogP contribution is 2.30. The number of pyridine rings is 1. The SMILES string of the molecule is COc1ccc(Nc2ncc(C(=O)N3CCOCC3)c3c2ccn3C)cc1F.Cl. The van der Waals surface area contributed by atoms with Gasteiger partial charge in [-0.2, -0.15) is 0 Å². The van der Waals surface area contributed by atoms with Gasteiger partial charge in [-0.25, -0.2) is 9.37 Å². The van der Waals surface area contributed by atoms with E-state index in [1.54, 1.807) is 23.2 Å². The van der Waals surface area contributed by atoms with E-state index in [4.69, 9.17) is 9.47 Å². The maximum atomic E-state index is 14.0. The number of amides is 1. The van der Waals surface area contributed by atoms with E-state index in [0.29, 0.717) is 43.4 Å². The zero-order valence-electron chi connectivity index (χ0n) is 16.1. The second kappa shape index (κ2) is 8.67. The van der Waals surface area contributed by atoms with Crippen LogP contribution in [0, 0.1) is 5.82 Å². The number of methoxy groups -OCH3 is 1. The first kappa shape index (κ1) is 20.9. The van der Waals surface area contributed by atoms with Gasteiger partial charge in [-0.05, 0) is 18.2 Å². The number of morpholine rings is 1. The molecule has 0 aliphatic carbocycles. The van der Waals surface area contributed by atoms with E-state index in [1.807, 2.05) is 23.9 Å². The van der Waals surface area contributed by atoms with Gasteiger partial charge >= 0.3 is 0 Å². The molecule has 0 unspecified atom stereocenters. The third-order valence-corrected chi connectivity index (χ3v) is 4.85. The highest BCUT2D eigenvalue weighted by atomic mass is 35.5. The molecule has 3 aromatic rings. The fourth-order valence-electron chi connectivity index (χ4n) is 3.39. The number of carbonyl (C=O) groups is 1. The van der Waals surface area contributed by atoms with Crippen molar-refractivity contribution >= 4 is 40.7 Å². The van der Waals surface area contributed by atoms with E-state index in [-0.39, 0.29) is 24.1 Å². The topological polar surface area (TPSA) is 68.6 Å². The minimum Gasteiger partial charge on any atom is -0.494 e. The Labute approximate surface area is 173 Å². The molecule has 1 amide bonds. The molecule has 4 rings (SSSR count). The quantitative estimate of drug-likeness (QED) is 0.701. The maximum Gasteiger partial charge on any atom is 0.257 e. The van der Waals surface area contributed by atoms with Gasteiger partial charge in [-0.3, -0.25) is 4.79 Å². The minimum absolute atomic E-state index is 0. The molecule has 1 N–H and O–H groups in total. The number of ether oxygens (including phenoxy) is 2. The number of benzene rings is 1. The number of nitrogens with one attached hydrogen (secondary N) is 1. The van der Waals surface area contributed by atoms with Crippen molar-refractivity contribution in [2.75, 3.05) is 38.7 Å². The molecular weight excluding hydrogens is 399 g/mol. The summed E-state index contributed by atoms with van der Waals surface area (Å²) < 4.78 is 26.2. The van der Waals surface area contributed by atoms with Crippen molar-refractivity contribution in [3.05, 3.63) is 48.0 Å². The molecule has 0 spiro atoms. The van der Waals surface area contributed by atoms with Gasteiger partial charge in [0.1, 0.15) is 5.82 Å². The first-order chi connectivity index (χ1) is 13.6. The monoisotopic (exact) mass is 420 g/mol. The smallest absolute Gasteiger partial charge is 0.257 e. The second-order valence-electron chi connectivity index (χ2n) is 6.59. The summed E-state index contributed by atoms with van der Waals surface area (Å²) in [5.74, 6) is 0.203. The lowest BCUT2D eigenvalue weighted by atomic mass is 10.1. The lowest BCUT2D eigenvalue weighted by Crippen LogP contribution is -2.40. The lowest BCUT2D eigenvalue weighted by molar-refractivity contribution is 0.0303. The standard InChI is InChI=1S/C20H21FN4O3.ClH/c1-24-6-5-14-18(24)15(20(26)25-7-9-28-10-8-25)12-22-19(14)23-13-3-4-17(27-2)16(21)11-13;/h3-6,11-12H,7-10H2,1-2H3,(H,22,23);1H. The normalized spacial score (nSPS) is 13.8. The summed E-state index contributed by atoms with van der Waals surface area (Å²) in [6.07, 6.45) is 3.45. The summed E-state index contributed by atoms with van der Waals surface area (Å²) >= 11 is 0. The van der Waals surface area contributed by atoms with Crippen LogP contribution >= 0.6 is 12.4 Å². The Morgan fingerprint density at radius 1 is 1.28 bits per heavy atom. The van der Waals surface area contributed by atoms with Gasteiger partial charge in [-0.15, -0.1) is 12.4 Å². The van der Waals surface area contributed by atoms with Gasteiger partial charge in [0.15, 0.2) is 11.6 Å². The van der Waals surface area contributed by atoms with Crippen LogP contribution in [0.5, 0.6) is 5.75 Å². The van der Waals surface area contributed by atoms with Crippen LogP contribution in [0.2, 0.25) is 0 Å². The molecular formula is C20H22ClFN4O3. The Kier molecular flexibility index (Phi) is 6.24. The summed E-state index contributed by atoms with van der Waals surface area (Å²) in [4.78, 5) is 19.2. The van der Waals surface area contributed by atoms with Crippen LogP contribution in [-0.4, -0.2) is 53.8 Å². The number of anilines is 2. The fraction of sp³-hybridized carbons (Fsp3) is 0.300. The highest BCUT2D eigenvalue weighted by molar-refractivity contribution is 6.08. The first-order valence-corrected chi connectivity index (χ1v) is 9.00. The van der Waals surface area contributed by atoms with Crippen LogP contribution < -0.4 is 10.1 Å². The maximum absolute atomic E-state index is 14.0. The van der Waals surface area contributed by atoms with E-state index in [0.717, 1.165) is 10.9 Å². The number of aryl methyl sites for hydroxylation is 1. The zero-order chi connectivity index (χ0) is 19.7. The van der Waals surface area contributed by atoms with Crippen LogP contribution in [0.4, 0.5) is 15.9 Å². The van der Waals surface area contributed by atoms with E-state index >= 15 is 0 Å². The Bertz CT molecular complexity index is 1030. The Morgan fingerprint density at radius 2 is 2.03 bits per heavy atom. The highest BCUT2D eigenvalue weighted by Gasteiger charge is 2.23. The Morgan fingerprint density at radius 3 is 2.72 bits per heavy atom. The van der Waals surface area contributed by atoms with Crippen molar-refractivity contribution in [3.8, 4) is 5.75 Å². The van der Waals surface area contributed by atoms with Gasteiger partial charge in [0.05, 0.1) is 31.4 Å². The number of nitrogens with zero attached hydrogens (tertiary/aromatic N) is 3. The number of fused-ring (bicyclic) bond motifs is 1. The summed E-state index contributed by atoms with van der Waals surface area (Å²) in [6, 6.07) is 6.50. The van der Waals surface area contributed by atoms with Crippen molar-refractivity contribution in [1.82, 2.24) is 14.5 Å². The molecule has 0 bridgehead atoms. The molecule has 7 nitrogen and oxygen atoms in total. The molecule has 0 atom stereocenters. The minimum atomic E-state index is -0.462. The molecule has 1 fully saturated rings. The van der Waals surface area contributed by atoms with Crippen LogP contribution in [0.1, 0.15) is 10.4 Å². The Hall–Kier alpha value is -2.84. The Balaban J connectivity index is 0.00000240. The average molecular weight is 421 g/mol. The molecule has 154 valence electrons. The molecule has 9 heteroatoms. The molecule has 2 aromatic heterocycles. The third kappa shape index (κ3) is 3.99. The number of hydrogen-bond donors (Lipinski definition) is 1. The van der Waals surface area contributed by atoms with Gasteiger partial charge < -0.3 is 24.3 Å². The van der Waals surface area contributed by atoms with Crippen LogP contribution in [0.15, 0.2) is 36.7 Å². The van der Waals surface area contributed by atoms with Crippen molar-refractivity contribution in [2.45, 2.75) is 0 Å². The van der Waals surface area contributed by atoms with Crippen molar-refractivity contribution in [3.63, 3.8) is 0 Å². The predicted molar refractivity (Wildman–Crippen MR) is 111 cm³/mol. The first-order valence-electron chi connectivity index (χ1n) is 9.00. The molecule has 29 heavy (non-hydrogen) atoms. The lowest BCUT2D eigenvalue weighted by Gasteiger charge is -2.27. The van der Waals surface area contributed by atoms with Gasteiger partial charge in [0, 0.05) is 49.7 Å². The number of carbonyl (C=O) groups excluding carboxylic acids is 1. The predicted octanol–water partition coefficient (Wildman–Crippen LogP) is 3.36. The fourth-order valence-corrected chi connectivity index (χ4v) is 3.39. The van der Waals surface area contributed by atoms with Crippen LogP contribution in [-0.2, 0) is 11.8 Å². The summed E-state index contributed by atoms with van der Waals surface area (Å²) in [7, 11) is 3.31. The number of rotatable bonds is 4. The van der Waals surface area contributed by atoms with Gasteiger partial charge in [-0.1, -0.05) is 0 Å². The van der Waals surface area contributed by atoms with Crippen molar-refractivity contribution in [2.24, 2.45) is 7.05 Å².